The third-order valence-electron chi connectivity index (χ3n) is 2.71. The molecule has 1 aliphatic rings. The van der Waals surface area contributed by atoms with Gasteiger partial charge in [-0.2, -0.15) is 0 Å². The van der Waals surface area contributed by atoms with Crippen molar-refractivity contribution in [1.29, 1.82) is 0 Å². The molecule has 1 fully saturated rings. The normalized spacial score (nSPS) is 19.9. The van der Waals surface area contributed by atoms with E-state index in [1.54, 1.807) is 7.11 Å². The maximum atomic E-state index is 11.8. The molecule has 0 saturated carbocycles. The van der Waals surface area contributed by atoms with Crippen molar-refractivity contribution in [2.24, 2.45) is 0 Å². The molecule has 1 aliphatic heterocycles. The van der Waals surface area contributed by atoms with Gasteiger partial charge in [0.2, 0.25) is 5.91 Å². The average Bonchev–Trinajstić information content (AvgIpc) is 2.34. The number of ether oxygens (including phenoxy) is 2. The molecular weight excluding hydrogens is 244 g/mol. The second-order valence-electron chi connectivity index (χ2n) is 3.91. The molecule has 1 saturated heterocycles. The predicted octanol–water partition coefficient (Wildman–Crippen LogP) is 0.282. The molecule has 0 aromatic heterocycles. The highest BCUT2D eigenvalue weighted by atomic mass is 35.5. The number of hydrogen-bond acceptors (Lipinski definition) is 4. The van der Waals surface area contributed by atoms with Gasteiger partial charge in [-0.05, 0) is 6.42 Å². The minimum absolute atomic E-state index is 0. The van der Waals surface area contributed by atoms with Gasteiger partial charge in [-0.1, -0.05) is 6.92 Å². The van der Waals surface area contributed by atoms with Gasteiger partial charge in [0, 0.05) is 26.7 Å². The number of nitrogens with one attached hydrogen (secondary N) is 1. The molecule has 6 heteroatoms. The maximum Gasteiger partial charge on any atom is 0.236 e. The van der Waals surface area contributed by atoms with Crippen LogP contribution in [-0.4, -0.2) is 63.4 Å². The first-order valence-electron chi connectivity index (χ1n) is 5.87. The van der Waals surface area contributed by atoms with Crippen LogP contribution in [0.5, 0.6) is 0 Å². The van der Waals surface area contributed by atoms with Crippen molar-refractivity contribution in [2.45, 2.75) is 19.4 Å². The Balaban J connectivity index is 0.00000256. The van der Waals surface area contributed by atoms with E-state index in [-0.39, 0.29) is 24.4 Å². The van der Waals surface area contributed by atoms with Crippen LogP contribution in [0, 0.1) is 0 Å². The Morgan fingerprint density at radius 3 is 3.00 bits per heavy atom. The lowest BCUT2D eigenvalue weighted by molar-refractivity contribution is -0.137. The number of halogens is 1. The summed E-state index contributed by atoms with van der Waals surface area (Å²) in [4.78, 5) is 13.7. The molecule has 0 spiro atoms. The monoisotopic (exact) mass is 266 g/mol. The largest absolute Gasteiger partial charge is 0.383 e. The standard InChI is InChI=1S/C11H22N2O3.ClH/c1-3-10-9-13(5-7-16-10)11(14)8-12-4-6-15-2;/h10,12H,3-9H2,1-2H3;1H. The Morgan fingerprint density at radius 2 is 2.35 bits per heavy atom. The van der Waals surface area contributed by atoms with E-state index in [9.17, 15) is 4.79 Å². The van der Waals surface area contributed by atoms with Crippen molar-refractivity contribution in [1.82, 2.24) is 10.2 Å². The van der Waals surface area contributed by atoms with Gasteiger partial charge < -0.3 is 19.7 Å². The molecule has 0 bridgehead atoms. The molecule has 1 heterocycles. The van der Waals surface area contributed by atoms with E-state index in [1.165, 1.54) is 0 Å². The summed E-state index contributed by atoms with van der Waals surface area (Å²) in [7, 11) is 1.65. The quantitative estimate of drug-likeness (QED) is 0.702. The zero-order chi connectivity index (χ0) is 11.8. The fourth-order valence-corrected chi connectivity index (χ4v) is 1.67. The number of nitrogens with zero attached hydrogens (tertiary/aromatic N) is 1. The summed E-state index contributed by atoms with van der Waals surface area (Å²) in [5.74, 6) is 0.151. The van der Waals surface area contributed by atoms with Crippen LogP contribution in [0.3, 0.4) is 0 Å². The van der Waals surface area contributed by atoms with Crippen molar-refractivity contribution >= 4 is 18.3 Å². The van der Waals surface area contributed by atoms with E-state index in [0.29, 0.717) is 32.8 Å². The van der Waals surface area contributed by atoms with Crippen molar-refractivity contribution in [3.05, 3.63) is 0 Å². The molecule has 5 nitrogen and oxygen atoms in total. The van der Waals surface area contributed by atoms with E-state index in [1.807, 2.05) is 4.90 Å². The van der Waals surface area contributed by atoms with Gasteiger partial charge in [-0.3, -0.25) is 4.79 Å². The first kappa shape index (κ1) is 16.6. The summed E-state index contributed by atoms with van der Waals surface area (Å²) in [5, 5.41) is 3.06. The number of amides is 1. The second kappa shape index (κ2) is 9.65. The minimum atomic E-state index is 0. The van der Waals surface area contributed by atoms with Gasteiger partial charge in [0.25, 0.3) is 0 Å². The zero-order valence-corrected chi connectivity index (χ0v) is 11.4. The van der Waals surface area contributed by atoms with Crippen molar-refractivity contribution < 1.29 is 14.3 Å². The topological polar surface area (TPSA) is 50.8 Å². The molecule has 0 aromatic carbocycles. The SMILES string of the molecule is CCC1CN(C(=O)CNCCOC)CCO1.Cl. The lowest BCUT2D eigenvalue weighted by atomic mass is 10.2. The third-order valence-corrected chi connectivity index (χ3v) is 2.71. The fraction of sp³-hybridized carbons (Fsp3) is 0.909. The second-order valence-corrected chi connectivity index (χ2v) is 3.91. The lowest BCUT2D eigenvalue weighted by Crippen LogP contribution is -2.48. The highest BCUT2D eigenvalue weighted by Crippen LogP contribution is 2.07. The van der Waals surface area contributed by atoms with Crippen LogP contribution < -0.4 is 5.32 Å². The van der Waals surface area contributed by atoms with E-state index < -0.39 is 0 Å². The smallest absolute Gasteiger partial charge is 0.236 e. The summed E-state index contributed by atoms with van der Waals surface area (Å²) >= 11 is 0. The van der Waals surface area contributed by atoms with E-state index in [2.05, 4.69) is 12.2 Å². The number of hydrogen-bond donors (Lipinski definition) is 1. The third kappa shape index (κ3) is 6.21. The van der Waals surface area contributed by atoms with Crippen LogP contribution in [0.15, 0.2) is 0 Å². The number of carbonyl (C=O) groups excluding carboxylic acids is 1. The van der Waals surface area contributed by atoms with Gasteiger partial charge in [0.05, 0.1) is 25.9 Å². The Hall–Kier alpha value is -0.360. The van der Waals surface area contributed by atoms with E-state index >= 15 is 0 Å². The zero-order valence-electron chi connectivity index (χ0n) is 10.6. The number of methoxy groups -OCH3 is 1. The number of carbonyl (C=O) groups is 1. The van der Waals surface area contributed by atoms with Crippen LogP contribution in [-0.2, 0) is 14.3 Å². The lowest BCUT2D eigenvalue weighted by Gasteiger charge is -2.32. The molecule has 0 radical (unpaired) electrons. The molecule has 1 rings (SSSR count). The highest BCUT2D eigenvalue weighted by Gasteiger charge is 2.22. The van der Waals surface area contributed by atoms with Crippen LogP contribution in [0.25, 0.3) is 0 Å². The van der Waals surface area contributed by atoms with Crippen LogP contribution in [0.2, 0.25) is 0 Å². The molecule has 1 amide bonds. The summed E-state index contributed by atoms with van der Waals surface area (Å²) in [6.45, 7) is 5.90. The van der Waals surface area contributed by atoms with Crippen molar-refractivity contribution in [3.8, 4) is 0 Å². The molecule has 102 valence electrons. The fourth-order valence-electron chi connectivity index (χ4n) is 1.67. The van der Waals surface area contributed by atoms with Gasteiger partial charge >= 0.3 is 0 Å². The number of morpholine rings is 1. The predicted molar refractivity (Wildman–Crippen MR) is 68.6 cm³/mol. The highest BCUT2D eigenvalue weighted by molar-refractivity contribution is 5.85. The van der Waals surface area contributed by atoms with Crippen LogP contribution in [0.4, 0.5) is 0 Å². The molecule has 17 heavy (non-hydrogen) atoms. The van der Waals surface area contributed by atoms with Gasteiger partial charge in [-0.15, -0.1) is 12.4 Å². The van der Waals surface area contributed by atoms with E-state index in [4.69, 9.17) is 9.47 Å². The summed E-state index contributed by atoms with van der Waals surface area (Å²) < 4.78 is 10.4. The Kier molecular flexibility index (Phi) is 9.44. The van der Waals surface area contributed by atoms with Crippen molar-refractivity contribution in [2.75, 3.05) is 46.5 Å². The Labute approximate surface area is 109 Å². The molecular formula is C11H23ClN2O3. The van der Waals surface area contributed by atoms with Gasteiger partial charge in [-0.25, -0.2) is 0 Å². The Bertz CT molecular complexity index is 217. The molecule has 1 N–H and O–H groups in total. The Morgan fingerprint density at radius 1 is 1.59 bits per heavy atom. The van der Waals surface area contributed by atoms with Gasteiger partial charge in [0.15, 0.2) is 0 Å². The minimum Gasteiger partial charge on any atom is -0.383 e. The van der Waals surface area contributed by atoms with Gasteiger partial charge in [0.1, 0.15) is 0 Å². The first-order chi connectivity index (χ1) is 7.77. The molecule has 0 aromatic rings. The molecule has 1 unspecified atom stereocenters. The van der Waals surface area contributed by atoms with Crippen molar-refractivity contribution in [3.63, 3.8) is 0 Å². The summed E-state index contributed by atoms with van der Waals surface area (Å²) in [5.41, 5.74) is 0. The average molecular weight is 267 g/mol. The first-order valence-corrected chi connectivity index (χ1v) is 5.87. The molecule has 0 aliphatic carbocycles. The summed E-state index contributed by atoms with van der Waals surface area (Å²) in [6, 6.07) is 0. The van der Waals surface area contributed by atoms with E-state index in [0.717, 1.165) is 13.0 Å². The number of rotatable bonds is 6. The molecule has 1 atom stereocenters. The van der Waals surface area contributed by atoms with Crippen LogP contribution in [0.1, 0.15) is 13.3 Å². The summed E-state index contributed by atoms with van der Waals surface area (Å²) in [6.07, 6.45) is 1.16. The van der Waals surface area contributed by atoms with Crippen LogP contribution >= 0.6 is 12.4 Å². The maximum absolute atomic E-state index is 11.8.